The highest BCUT2D eigenvalue weighted by molar-refractivity contribution is 6.31. The fourth-order valence-electron chi connectivity index (χ4n) is 1.51. The number of rotatable bonds is 4. The van der Waals surface area contributed by atoms with Crippen LogP contribution in [0.1, 0.15) is 17.0 Å². The second-order valence-electron chi connectivity index (χ2n) is 4.10. The van der Waals surface area contributed by atoms with Crippen LogP contribution in [0.3, 0.4) is 0 Å². The number of aromatic nitrogens is 3. The van der Waals surface area contributed by atoms with Gasteiger partial charge in [-0.15, -0.1) is 0 Å². The number of anilines is 1. The van der Waals surface area contributed by atoms with Crippen molar-refractivity contribution in [2.75, 3.05) is 12.4 Å². The van der Waals surface area contributed by atoms with Crippen LogP contribution in [0.2, 0.25) is 5.15 Å². The number of nitrogens with one attached hydrogen (secondary N) is 1. The van der Waals surface area contributed by atoms with Crippen LogP contribution in [-0.2, 0) is 6.54 Å². The molecular weight excluding hydrogens is 264 g/mol. The van der Waals surface area contributed by atoms with E-state index in [1.54, 1.807) is 13.3 Å². The number of halogens is 1. The molecule has 6 heteroatoms. The average molecular weight is 279 g/mol. The van der Waals surface area contributed by atoms with E-state index >= 15 is 0 Å². The number of methoxy groups -OCH3 is 1. The van der Waals surface area contributed by atoms with Crippen molar-refractivity contribution in [2.24, 2.45) is 0 Å². The molecule has 0 unspecified atom stereocenters. The third kappa shape index (κ3) is 3.32. The van der Waals surface area contributed by atoms with E-state index in [4.69, 9.17) is 16.3 Å². The molecule has 2 aromatic heterocycles. The van der Waals surface area contributed by atoms with Crippen LogP contribution < -0.4 is 10.1 Å². The molecule has 0 radical (unpaired) electrons. The van der Waals surface area contributed by atoms with Crippen molar-refractivity contribution in [2.45, 2.75) is 20.4 Å². The molecule has 0 bridgehead atoms. The first-order valence-electron chi connectivity index (χ1n) is 5.83. The topological polar surface area (TPSA) is 59.9 Å². The largest absolute Gasteiger partial charge is 0.481 e. The van der Waals surface area contributed by atoms with Gasteiger partial charge in [-0.3, -0.25) is 0 Å². The summed E-state index contributed by atoms with van der Waals surface area (Å²) >= 11 is 6.04. The van der Waals surface area contributed by atoms with E-state index in [0.717, 1.165) is 17.0 Å². The molecule has 1 N–H and O–H groups in total. The molecular formula is C13H15ClN4O. The van der Waals surface area contributed by atoms with Crippen molar-refractivity contribution in [3.63, 3.8) is 0 Å². The second kappa shape index (κ2) is 5.84. The predicted molar refractivity (Wildman–Crippen MR) is 74.6 cm³/mol. The summed E-state index contributed by atoms with van der Waals surface area (Å²) in [5.74, 6) is 1.17. The molecule has 19 heavy (non-hydrogen) atoms. The highest BCUT2D eigenvalue weighted by atomic mass is 35.5. The third-order valence-corrected chi connectivity index (χ3v) is 2.99. The maximum absolute atomic E-state index is 6.04. The van der Waals surface area contributed by atoms with Crippen LogP contribution in [0.4, 0.5) is 5.82 Å². The van der Waals surface area contributed by atoms with Gasteiger partial charge in [-0.05, 0) is 19.4 Å². The summed E-state index contributed by atoms with van der Waals surface area (Å²) in [6, 6.07) is 3.74. The maximum Gasteiger partial charge on any atom is 0.212 e. The van der Waals surface area contributed by atoms with Crippen LogP contribution in [-0.4, -0.2) is 22.1 Å². The Morgan fingerprint density at radius 1 is 1.21 bits per heavy atom. The Morgan fingerprint density at radius 3 is 2.58 bits per heavy atom. The summed E-state index contributed by atoms with van der Waals surface area (Å²) in [4.78, 5) is 12.7. The third-order valence-electron chi connectivity index (χ3n) is 2.73. The first kappa shape index (κ1) is 13.5. The molecule has 2 rings (SSSR count). The van der Waals surface area contributed by atoms with Gasteiger partial charge in [-0.1, -0.05) is 17.7 Å². The van der Waals surface area contributed by atoms with E-state index < -0.39 is 0 Å². The molecule has 2 aromatic rings. The smallest absolute Gasteiger partial charge is 0.212 e. The zero-order valence-electron chi connectivity index (χ0n) is 11.1. The van der Waals surface area contributed by atoms with Crippen molar-refractivity contribution in [3.05, 3.63) is 40.4 Å². The summed E-state index contributed by atoms with van der Waals surface area (Å²) in [5, 5.41) is 3.53. The molecule has 0 saturated heterocycles. The Balaban J connectivity index is 2.07. The predicted octanol–water partition coefficient (Wildman–Crippen LogP) is 2.76. The van der Waals surface area contributed by atoms with Gasteiger partial charge in [0.2, 0.25) is 5.88 Å². The van der Waals surface area contributed by atoms with Crippen LogP contribution in [0.15, 0.2) is 18.3 Å². The van der Waals surface area contributed by atoms with Gasteiger partial charge in [-0.2, -0.15) is 0 Å². The summed E-state index contributed by atoms with van der Waals surface area (Å²) in [6.45, 7) is 4.36. The van der Waals surface area contributed by atoms with Gasteiger partial charge in [0.05, 0.1) is 18.5 Å². The standard InChI is InChI=1S/C13H15ClN4O/c1-8-9(2)18-13(12(14)17-8)16-7-10-4-5-11(19-3)15-6-10/h4-6H,7H2,1-3H3,(H,16,18). The Labute approximate surface area is 117 Å². The molecule has 0 atom stereocenters. The molecule has 0 aliphatic rings. The number of hydrogen-bond donors (Lipinski definition) is 1. The van der Waals surface area contributed by atoms with Gasteiger partial charge in [0.1, 0.15) is 0 Å². The van der Waals surface area contributed by atoms with Gasteiger partial charge in [0.25, 0.3) is 0 Å². The molecule has 0 saturated carbocycles. The zero-order chi connectivity index (χ0) is 13.8. The quantitative estimate of drug-likeness (QED) is 0.932. The van der Waals surface area contributed by atoms with E-state index in [9.17, 15) is 0 Å². The van der Waals surface area contributed by atoms with Gasteiger partial charge < -0.3 is 10.1 Å². The minimum atomic E-state index is 0.379. The summed E-state index contributed by atoms with van der Waals surface area (Å²) in [6.07, 6.45) is 1.74. The summed E-state index contributed by atoms with van der Waals surface area (Å²) in [7, 11) is 1.59. The van der Waals surface area contributed by atoms with E-state index in [1.807, 2.05) is 26.0 Å². The lowest BCUT2D eigenvalue weighted by molar-refractivity contribution is 0.397. The fraction of sp³-hybridized carbons (Fsp3) is 0.308. The van der Waals surface area contributed by atoms with Gasteiger partial charge in [-0.25, -0.2) is 15.0 Å². The molecule has 0 aromatic carbocycles. The van der Waals surface area contributed by atoms with E-state index in [2.05, 4.69) is 20.3 Å². The molecule has 5 nitrogen and oxygen atoms in total. The monoisotopic (exact) mass is 278 g/mol. The van der Waals surface area contributed by atoms with Gasteiger partial charge >= 0.3 is 0 Å². The van der Waals surface area contributed by atoms with Crippen LogP contribution >= 0.6 is 11.6 Å². The molecule has 0 amide bonds. The first-order valence-corrected chi connectivity index (χ1v) is 6.21. The maximum atomic E-state index is 6.04. The van der Waals surface area contributed by atoms with Crippen LogP contribution in [0.25, 0.3) is 0 Å². The van der Waals surface area contributed by atoms with E-state index in [1.165, 1.54) is 0 Å². The molecule has 0 fully saturated rings. The Morgan fingerprint density at radius 2 is 1.95 bits per heavy atom. The van der Waals surface area contributed by atoms with Crippen molar-refractivity contribution < 1.29 is 4.74 Å². The number of ether oxygens (including phenoxy) is 1. The van der Waals surface area contributed by atoms with Crippen molar-refractivity contribution in [1.29, 1.82) is 0 Å². The Bertz CT molecular complexity index is 572. The average Bonchev–Trinajstić information content (AvgIpc) is 2.42. The molecule has 2 heterocycles. The van der Waals surface area contributed by atoms with E-state index in [-0.39, 0.29) is 0 Å². The summed E-state index contributed by atoms with van der Waals surface area (Å²) in [5.41, 5.74) is 2.71. The van der Waals surface area contributed by atoms with Gasteiger partial charge in [0, 0.05) is 18.8 Å². The number of hydrogen-bond acceptors (Lipinski definition) is 5. The lowest BCUT2D eigenvalue weighted by Crippen LogP contribution is -2.05. The van der Waals surface area contributed by atoms with Crippen molar-refractivity contribution in [1.82, 2.24) is 15.0 Å². The number of aryl methyl sites for hydroxylation is 2. The highest BCUT2D eigenvalue weighted by Gasteiger charge is 2.06. The fourth-order valence-corrected chi connectivity index (χ4v) is 1.75. The van der Waals surface area contributed by atoms with Crippen LogP contribution in [0.5, 0.6) is 5.88 Å². The molecule has 0 aliphatic carbocycles. The van der Waals surface area contributed by atoms with Crippen molar-refractivity contribution >= 4 is 17.4 Å². The second-order valence-corrected chi connectivity index (χ2v) is 4.45. The minimum absolute atomic E-state index is 0.379. The van der Waals surface area contributed by atoms with Crippen molar-refractivity contribution in [3.8, 4) is 5.88 Å². The van der Waals surface area contributed by atoms with Gasteiger partial charge in [0.15, 0.2) is 11.0 Å². The SMILES string of the molecule is COc1ccc(CNc2nc(C)c(C)nc2Cl)cn1. The van der Waals surface area contributed by atoms with Crippen LogP contribution in [0, 0.1) is 13.8 Å². The molecule has 100 valence electrons. The Kier molecular flexibility index (Phi) is 4.16. The minimum Gasteiger partial charge on any atom is -0.481 e. The molecule has 0 aliphatic heterocycles. The molecule has 0 spiro atoms. The number of nitrogens with zero attached hydrogens (tertiary/aromatic N) is 3. The highest BCUT2D eigenvalue weighted by Crippen LogP contribution is 2.19. The van der Waals surface area contributed by atoms with E-state index in [0.29, 0.717) is 23.4 Å². The number of pyridine rings is 1. The Hall–Kier alpha value is -1.88. The normalized spacial score (nSPS) is 10.3. The zero-order valence-corrected chi connectivity index (χ0v) is 11.8. The lowest BCUT2D eigenvalue weighted by Gasteiger charge is -2.09. The summed E-state index contributed by atoms with van der Waals surface area (Å²) < 4.78 is 5.00. The lowest BCUT2D eigenvalue weighted by atomic mass is 10.3. The first-order chi connectivity index (χ1) is 9.10.